The zero-order valence-corrected chi connectivity index (χ0v) is 8.99. The van der Waals surface area contributed by atoms with E-state index in [1.165, 1.54) is 0 Å². The molecular weight excluding hydrogens is 204 g/mol. The van der Waals surface area contributed by atoms with E-state index in [-0.39, 0.29) is 5.91 Å². The zero-order valence-electron chi connectivity index (χ0n) is 8.99. The number of nitriles is 1. The van der Waals surface area contributed by atoms with Crippen molar-refractivity contribution in [1.82, 2.24) is 0 Å². The van der Waals surface area contributed by atoms with Gasteiger partial charge in [-0.25, -0.2) is 0 Å². The minimum Gasteiger partial charge on any atom is -0.474 e. The highest BCUT2D eigenvalue weighted by Gasteiger charge is 2.19. The van der Waals surface area contributed by atoms with Crippen molar-refractivity contribution in [2.24, 2.45) is 0 Å². The molecule has 0 aromatic heterocycles. The topological polar surface area (TPSA) is 62.1 Å². The molecule has 1 unspecified atom stereocenters. The number of fused-ring (bicyclic) bond motifs is 1. The number of rotatable bonds is 2. The number of anilines is 1. The Morgan fingerprint density at radius 2 is 2.31 bits per heavy atom. The fourth-order valence-electron chi connectivity index (χ4n) is 1.69. The lowest BCUT2D eigenvalue weighted by Gasteiger charge is -2.20. The van der Waals surface area contributed by atoms with Gasteiger partial charge in [0.15, 0.2) is 6.10 Å². The van der Waals surface area contributed by atoms with Gasteiger partial charge >= 0.3 is 0 Å². The third kappa shape index (κ3) is 1.98. The molecule has 1 aromatic rings. The molecule has 82 valence electrons. The number of carbonyl (C=O) groups is 1. The molecule has 4 nitrogen and oxygen atoms in total. The van der Waals surface area contributed by atoms with Gasteiger partial charge in [0.1, 0.15) is 11.8 Å². The third-order valence-electron chi connectivity index (χ3n) is 2.48. The van der Waals surface area contributed by atoms with Crippen LogP contribution in [0.25, 0.3) is 0 Å². The lowest BCUT2D eigenvalue weighted by molar-refractivity contribution is -0.116. The van der Waals surface area contributed by atoms with Crippen molar-refractivity contribution in [2.75, 3.05) is 5.32 Å². The number of benzene rings is 1. The fraction of sp³-hybridized carbons (Fsp3) is 0.333. The molecule has 1 atom stereocenters. The average Bonchev–Trinajstić information content (AvgIpc) is 2.29. The SMILES string of the molecule is CC(C#N)Oc1cccc2c1NC(=O)CC2. The summed E-state index contributed by atoms with van der Waals surface area (Å²) in [5.74, 6) is 0.563. The van der Waals surface area contributed by atoms with Crippen molar-refractivity contribution in [2.45, 2.75) is 25.9 Å². The van der Waals surface area contributed by atoms with Crippen molar-refractivity contribution in [3.05, 3.63) is 23.8 Å². The Morgan fingerprint density at radius 3 is 3.06 bits per heavy atom. The van der Waals surface area contributed by atoms with Crippen molar-refractivity contribution in [1.29, 1.82) is 5.26 Å². The van der Waals surface area contributed by atoms with E-state index in [2.05, 4.69) is 5.32 Å². The highest BCUT2D eigenvalue weighted by Crippen LogP contribution is 2.32. The minimum atomic E-state index is -0.523. The van der Waals surface area contributed by atoms with Gasteiger partial charge < -0.3 is 10.1 Å². The van der Waals surface area contributed by atoms with Crippen LogP contribution < -0.4 is 10.1 Å². The predicted octanol–water partition coefficient (Wildman–Crippen LogP) is 1.86. The van der Waals surface area contributed by atoms with Gasteiger partial charge in [-0.1, -0.05) is 12.1 Å². The molecule has 0 radical (unpaired) electrons. The minimum absolute atomic E-state index is 0.00633. The summed E-state index contributed by atoms with van der Waals surface area (Å²) >= 11 is 0. The Kier molecular flexibility index (Phi) is 2.78. The number of nitrogens with one attached hydrogen (secondary N) is 1. The fourth-order valence-corrected chi connectivity index (χ4v) is 1.69. The molecule has 1 aromatic carbocycles. The van der Waals surface area contributed by atoms with E-state index in [4.69, 9.17) is 10.00 Å². The maximum Gasteiger partial charge on any atom is 0.224 e. The van der Waals surface area contributed by atoms with E-state index < -0.39 is 6.10 Å². The van der Waals surface area contributed by atoms with Crippen LogP contribution in [0.3, 0.4) is 0 Å². The summed E-state index contributed by atoms with van der Waals surface area (Å²) in [6, 6.07) is 7.59. The van der Waals surface area contributed by atoms with Crippen molar-refractivity contribution in [3.8, 4) is 11.8 Å². The van der Waals surface area contributed by atoms with Crippen LogP contribution in [0.5, 0.6) is 5.75 Å². The summed E-state index contributed by atoms with van der Waals surface area (Å²) in [4.78, 5) is 11.3. The molecule has 0 saturated heterocycles. The van der Waals surface area contributed by atoms with Crippen LogP contribution in [-0.4, -0.2) is 12.0 Å². The smallest absolute Gasteiger partial charge is 0.224 e. The summed E-state index contributed by atoms with van der Waals surface area (Å²) in [7, 11) is 0. The number of ether oxygens (including phenoxy) is 1. The van der Waals surface area contributed by atoms with Gasteiger partial charge in [-0.3, -0.25) is 4.79 Å². The zero-order chi connectivity index (χ0) is 11.5. The Balaban J connectivity index is 2.32. The van der Waals surface area contributed by atoms with Crippen LogP contribution >= 0.6 is 0 Å². The number of carbonyl (C=O) groups excluding carboxylic acids is 1. The van der Waals surface area contributed by atoms with Crippen LogP contribution in [0, 0.1) is 11.3 Å². The summed E-state index contributed by atoms with van der Waals surface area (Å²) in [5, 5.41) is 11.5. The number of aryl methyl sites for hydroxylation is 1. The Morgan fingerprint density at radius 1 is 1.50 bits per heavy atom. The number of nitrogens with zero attached hydrogens (tertiary/aromatic N) is 1. The summed E-state index contributed by atoms with van der Waals surface area (Å²) in [6.07, 6.45) is 0.703. The maximum atomic E-state index is 11.3. The van der Waals surface area contributed by atoms with Gasteiger partial charge in [0, 0.05) is 6.42 Å². The first-order valence-electron chi connectivity index (χ1n) is 5.18. The second kappa shape index (κ2) is 4.23. The van der Waals surface area contributed by atoms with Crippen LogP contribution in [-0.2, 0) is 11.2 Å². The third-order valence-corrected chi connectivity index (χ3v) is 2.48. The highest BCUT2D eigenvalue weighted by molar-refractivity contribution is 5.95. The van der Waals surface area contributed by atoms with Gasteiger partial charge in [0.05, 0.1) is 5.69 Å². The van der Waals surface area contributed by atoms with Crippen molar-refractivity contribution >= 4 is 11.6 Å². The maximum absolute atomic E-state index is 11.3. The van der Waals surface area contributed by atoms with Gasteiger partial charge in [-0.2, -0.15) is 5.26 Å². The van der Waals surface area contributed by atoms with E-state index in [1.54, 1.807) is 13.0 Å². The van der Waals surface area contributed by atoms with E-state index in [0.717, 1.165) is 12.0 Å². The molecule has 1 amide bonds. The molecule has 1 N–H and O–H groups in total. The Bertz CT molecular complexity index is 463. The normalized spacial score (nSPS) is 15.6. The van der Waals surface area contributed by atoms with E-state index in [9.17, 15) is 4.79 Å². The molecule has 4 heteroatoms. The number of hydrogen-bond acceptors (Lipinski definition) is 3. The van der Waals surface area contributed by atoms with Gasteiger partial charge in [-0.15, -0.1) is 0 Å². The summed E-state index contributed by atoms with van der Waals surface area (Å²) < 4.78 is 5.43. The molecule has 0 aliphatic carbocycles. The van der Waals surface area contributed by atoms with Crippen molar-refractivity contribution in [3.63, 3.8) is 0 Å². The first-order valence-corrected chi connectivity index (χ1v) is 5.18. The first-order chi connectivity index (χ1) is 7.70. The predicted molar refractivity (Wildman–Crippen MR) is 59.1 cm³/mol. The summed E-state index contributed by atoms with van der Waals surface area (Å²) in [6.45, 7) is 1.67. The molecule has 1 aliphatic rings. The van der Waals surface area contributed by atoms with E-state index >= 15 is 0 Å². The van der Waals surface area contributed by atoms with Gasteiger partial charge in [-0.05, 0) is 25.0 Å². The van der Waals surface area contributed by atoms with Crippen molar-refractivity contribution < 1.29 is 9.53 Å². The molecule has 1 heterocycles. The second-order valence-electron chi connectivity index (χ2n) is 3.73. The molecule has 0 fully saturated rings. The van der Waals surface area contributed by atoms with Crippen LogP contribution in [0.15, 0.2) is 18.2 Å². The number of para-hydroxylation sites is 1. The second-order valence-corrected chi connectivity index (χ2v) is 3.73. The standard InChI is InChI=1S/C12H12N2O2/c1-8(7-13)16-10-4-2-3-9-5-6-11(15)14-12(9)10/h2-4,8H,5-6H2,1H3,(H,14,15). The number of amides is 1. The van der Waals surface area contributed by atoms with Gasteiger partial charge in [0.2, 0.25) is 5.91 Å². The van der Waals surface area contributed by atoms with E-state index in [1.807, 2.05) is 18.2 Å². The Labute approximate surface area is 93.8 Å². The molecule has 16 heavy (non-hydrogen) atoms. The lowest BCUT2D eigenvalue weighted by atomic mass is 10.0. The molecule has 2 rings (SSSR count). The largest absolute Gasteiger partial charge is 0.474 e. The quantitative estimate of drug-likeness (QED) is 0.820. The monoisotopic (exact) mass is 216 g/mol. The first kappa shape index (κ1) is 10.5. The Hall–Kier alpha value is -2.02. The van der Waals surface area contributed by atoms with Gasteiger partial charge in [0.25, 0.3) is 0 Å². The molecule has 1 aliphatic heterocycles. The van der Waals surface area contributed by atoms with Crippen LogP contribution in [0.2, 0.25) is 0 Å². The molecule has 0 saturated carbocycles. The van der Waals surface area contributed by atoms with Crippen LogP contribution in [0.1, 0.15) is 18.9 Å². The average molecular weight is 216 g/mol. The number of hydrogen-bond donors (Lipinski definition) is 1. The summed E-state index contributed by atoms with van der Waals surface area (Å²) in [5.41, 5.74) is 1.77. The highest BCUT2D eigenvalue weighted by atomic mass is 16.5. The van der Waals surface area contributed by atoms with E-state index in [0.29, 0.717) is 17.9 Å². The van der Waals surface area contributed by atoms with Crippen LogP contribution in [0.4, 0.5) is 5.69 Å². The lowest BCUT2D eigenvalue weighted by Crippen LogP contribution is -2.20. The molecule has 0 bridgehead atoms. The molecule has 0 spiro atoms. The molecular formula is C12H12N2O2.